The van der Waals surface area contributed by atoms with Crippen LogP contribution in [0.2, 0.25) is 0 Å². The Bertz CT molecular complexity index is 445. The van der Waals surface area contributed by atoms with Crippen molar-refractivity contribution in [2.24, 2.45) is 21.7 Å². The maximum absolute atomic E-state index is 10.3. The fourth-order valence-corrected chi connectivity index (χ4v) is 0.858. The Labute approximate surface area is 89.2 Å². The van der Waals surface area contributed by atoms with E-state index in [4.69, 9.17) is 21.0 Å². The predicted octanol–water partition coefficient (Wildman–Crippen LogP) is -0.842. The molecule has 5 N–H and O–H groups in total. The average Bonchev–Trinajstić information content (AvgIpc) is 2.67. The maximum atomic E-state index is 10.3. The van der Waals surface area contributed by atoms with Gasteiger partial charge in [0.2, 0.25) is 5.96 Å². The fourth-order valence-electron chi connectivity index (χ4n) is 0.858. The highest BCUT2D eigenvalue weighted by atomic mass is 16.6. The molecule has 1 aromatic heterocycles. The summed E-state index contributed by atoms with van der Waals surface area (Å²) in [5.74, 6) is -0.730. The van der Waals surface area contributed by atoms with Crippen LogP contribution in [0.4, 0.5) is 5.88 Å². The topological polar surface area (TPSA) is 153 Å². The Morgan fingerprint density at radius 1 is 1.50 bits per heavy atom. The lowest BCUT2D eigenvalue weighted by atomic mass is 10.3. The first-order chi connectivity index (χ1) is 7.54. The second-order valence-electron chi connectivity index (χ2n) is 2.62. The highest BCUT2D eigenvalue weighted by Crippen LogP contribution is 2.16. The predicted molar refractivity (Wildman–Crippen MR) is 54.8 cm³/mol. The van der Waals surface area contributed by atoms with Crippen molar-refractivity contribution in [1.82, 2.24) is 0 Å². The summed E-state index contributed by atoms with van der Waals surface area (Å²) in [4.78, 5) is 9.62. The molecule has 16 heavy (non-hydrogen) atoms. The molecule has 0 aromatic carbocycles. The summed E-state index contributed by atoms with van der Waals surface area (Å²) in [7, 11) is 0. The molecule has 0 saturated heterocycles. The number of nitrogens with zero attached hydrogens (tertiary/aromatic N) is 3. The van der Waals surface area contributed by atoms with Gasteiger partial charge in [0.05, 0.1) is 12.7 Å². The number of furan rings is 1. The number of rotatable bonds is 4. The zero-order chi connectivity index (χ0) is 12.1. The molecule has 0 unspecified atom stereocenters. The van der Waals surface area contributed by atoms with Crippen LogP contribution in [0, 0.1) is 10.1 Å². The van der Waals surface area contributed by atoms with Crippen molar-refractivity contribution in [3.05, 3.63) is 28.0 Å². The van der Waals surface area contributed by atoms with Crippen LogP contribution in [0.3, 0.4) is 0 Å². The maximum Gasteiger partial charge on any atom is 0.433 e. The van der Waals surface area contributed by atoms with E-state index >= 15 is 0 Å². The third kappa shape index (κ3) is 2.78. The SMILES string of the molecule is NC(N)=N/N=C(\CO)c1ccc([N+](=O)[O-])o1. The highest BCUT2D eigenvalue weighted by Gasteiger charge is 2.15. The first-order valence-corrected chi connectivity index (χ1v) is 4.05. The van der Waals surface area contributed by atoms with Gasteiger partial charge < -0.3 is 21.0 Å². The van der Waals surface area contributed by atoms with E-state index in [1.165, 1.54) is 6.07 Å². The minimum Gasteiger partial charge on any atom is -0.399 e. The second-order valence-corrected chi connectivity index (χ2v) is 2.62. The molecule has 0 saturated carbocycles. The summed E-state index contributed by atoms with van der Waals surface area (Å²) in [5, 5.41) is 26.0. The van der Waals surface area contributed by atoms with Gasteiger partial charge in [-0.15, -0.1) is 10.2 Å². The monoisotopic (exact) mass is 227 g/mol. The Morgan fingerprint density at radius 2 is 2.19 bits per heavy atom. The minimum absolute atomic E-state index is 0.0125. The third-order valence-electron chi connectivity index (χ3n) is 1.49. The average molecular weight is 227 g/mol. The van der Waals surface area contributed by atoms with Gasteiger partial charge in [0.15, 0.2) is 5.76 Å². The lowest BCUT2D eigenvalue weighted by Crippen LogP contribution is -2.22. The van der Waals surface area contributed by atoms with Gasteiger partial charge in [0.25, 0.3) is 0 Å². The van der Waals surface area contributed by atoms with E-state index in [0.29, 0.717) is 0 Å². The summed E-state index contributed by atoms with van der Waals surface area (Å²) in [6.07, 6.45) is 0. The van der Waals surface area contributed by atoms with Crippen molar-refractivity contribution in [1.29, 1.82) is 0 Å². The summed E-state index contributed by atoms with van der Waals surface area (Å²) in [6.45, 7) is -0.512. The molecule has 1 rings (SSSR count). The second kappa shape index (κ2) is 4.89. The number of hydrogen-bond acceptors (Lipinski definition) is 6. The number of hydrogen-bond donors (Lipinski definition) is 3. The number of aliphatic hydroxyl groups excluding tert-OH is 1. The summed E-state index contributed by atoms with van der Waals surface area (Å²) >= 11 is 0. The van der Waals surface area contributed by atoms with Gasteiger partial charge in [-0.05, 0) is 6.07 Å². The Hall–Kier alpha value is -2.42. The van der Waals surface area contributed by atoms with Crippen LogP contribution >= 0.6 is 0 Å². The zero-order valence-corrected chi connectivity index (χ0v) is 8.03. The smallest absolute Gasteiger partial charge is 0.399 e. The van der Waals surface area contributed by atoms with Crippen LogP contribution in [0.5, 0.6) is 0 Å². The Morgan fingerprint density at radius 3 is 2.62 bits per heavy atom. The van der Waals surface area contributed by atoms with Crippen molar-refractivity contribution >= 4 is 17.6 Å². The van der Waals surface area contributed by atoms with Crippen molar-refractivity contribution < 1.29 is 14.4 Å². The van der Waals surface area contributed by atoms with Crippen LogP contribution in [0.25, 0.3) is 0 Å². The van der Waals surface area contributed by atoms with Gasteiger partial charge in [-0.1, -0.05) is 0 Å². The minimum atomic E-state index is -0.709. The van der Waals surface area contributed by atoms with Crippen molar-refractivity contribution in [3.63, 3.8) is 0 Å². The molecule has 0 fully saturated rings. The number of nitro groups is 1. The lowest BCUT2D eigenvalue weighted by Gasteiger charge is -1.94. The first kappa shape index (κ1) is 11.7. The summed E-state index contributed by atoms with van der Waals surface area (Å²) in [6, 6.07) is 2.42. The van der Waals surface area contributed by atoms with Gasteiger partial charge in [-0.25, -0.2) is 0 Å². The molecule has 0 radical (unpaired) electrons. The van der Waals surface area contributed by atoms with E-state index in [1.54, 1.807) is 0 Å². The van der Waals surface area contributed by atoms with Crippen LogP contribution in [0.1, 0.15) is 5.76 Å². The van der Waals surface area contributed by atoms with E-state index < -0.39 is 17.4 Å². The Kier molecular flexibility index (Phi) is 3.56. The number of guanidine groups is 1. The lowest BCUT2D eigenvalue weighted by molar-refractivity contribution is -0.402. The molecule has 1 aromatic rings. The molecule has 0 aliphatic carbocycles. The number of aliphatic hydroxyl groups is 1. The van der Waals surface area contributed by atoms with E-state index in [2.05, 4.69) is 10.2 Å². The zero-order valence-electron chi connectivity index (χ0n) is 8.03. The molecule has 0 aliphatic heterocycles. The van der Waals surface area contributed by atoms with Gasteiger partial charge in [0.1, 0.15) is 10.6 Å². The Balaban J connectivity index is 3.00. The van der Waals surface area contributed by atoms with Gasteiger partial charge in [0, 0.05) is 0 Å². The molecule has 9 heteroatoms. The molecule has 0 spiro atoms. The first-order valence-electron chi connectivity index (χ1n) is 4.05. The molecule has 0 amide bonds. The van der Waals surface area contributed by atoms with Gasteiger partial charge >= 0.3 is 5.88 Å². The van der Waals surface area contributed by atoms with Gasteiger partial charge in [-0.3, -0.25) is 10.1 Å². The van der Waals surface area contributed by atoms with Crippen molar-refractivity contribution in [3.8, 4) is 0 Å². The van der Waals surface area contributed by atoms with Gasteiger partial charge in [-0.2, -0.15) is 0 Å². The molecular weight excluding hydrogens is 218 g/mol. The molecule has 0 bridgehead atoms. The third-order valence-corrected chi connectivity index (χ3v) is 1.49. The quantitative estimate of drug-likeness (QED) is 0.263. The summed E-state index contributed by atoms with van der Waals surface area (Å²) in [5.41, 5.74) is 10.0. The summed E-state index contributed by atoms with van der Waals surface area (Å²) < 4.78 is 4.79. The largest absolute Gasteiger partial charge is 0.433 e. The molecular formula is C7H9N5O4. The fraction of sp³-hybridized carbons (Fsp3) is 0.143. The molecule has 1 heterocycles. The highest BCUT2D eigenvalue weighted by molar-refractivity contribution is 5.99. The van der Waals surface area contributed by atoms with E-state index in [1.807, 2.05) is 0 Å². The molecule has 0 atom stereocenters. The van der Waals surface area contributed by atoms with Crippen LogP contribution in [-0.4, -0.2) is 28.3 Å². The van der Waals surface area contributed by atoms with E-state index in [0.717, 1.165) is 6.07 Å². The van der Waals surface area contributed by atoms with E-state index in [9.17, 15) is 10.1 Å². The van der Waals surface area contributed by atoms with Crippen molar-refractivity contribution in [2.75, 3.05) is 6.61 Å². The van der Waals surface area contributed by atoms with Crippen LogP contribution in [0.15, 0.2) is 26.8 Å². The van der Waals surface area contributed by atoms with Crippen LogP contribution in [-0.2, 0) is 0 Å². The molecule has 0 aliphatic rings. The normalized spacial score (nSPS) is 11.2. The van der Waals surface area contributed by atoms with Crippen LogP contribution < -0.4 is 11.5 Å². The number of nitrogens with two attached hydrogens (primary N) is 2. The van der Waals surface area contributed by atoms with E-state index in [-0.39, 0.29) is 17.4 Å². The molecule has 9 nitrogen and oxygen atoms in total. The standard InChI is InChI=1S/C7H9N5O4/c8-7(9)11-10-4(3-13)5-1-2-6(16-5)12(14)15/h1-2,13H,3H2,(H4,8,9,11)/b10-4+. The molecule has 86 valence electrons. The van der Waals surface area contributed by atoms with Crippen molar-refractivity contribution in [2.45, 2.75) is 0 Å².